The molecule has 3 heteroatoms. The van der Waals surface area contributed by atoms with Gasteiger partial charge in [-0.05, 0) is 25.2 Å². The monoisotopic (exact) mass is 224 g/mol. The molecule has 1 saturated carbocycles. The first-order valence-corrected chi connectivity index (χ1v) is 6.54. The van der Waals surface area contributed by atoms with Crippen LogP contribution in [0.3, 0.4) is 0 Å². The van der Waals surface area contributed by atoms with Crippen molar-refractivity contribution in [2.75, 3.05) is 6.54 Å². The predicted molar refractivity (Wildman–Crippen MR) is 67.2 cm³/mol. The molecule has 0 aromatic heterocycles. The van der Waals surface area contributed by atoms with Crippen molar-refractivity contribution in [1.82, 2.24) is 10.6 Å². The van der Waals surface area contributed by atoms with E-state index in [0.29, 0.717) is 5.92 Å². The van der Waals surface area contributed by atoms with Crippen LogP contribution < -0.4 is 10.6 Å². The fourth-order valence-electron chi connectivity index (χ4n) is 2.02. The number of hydrogen-bond donors (Lipinski definition) is 2. The number of carbonyl (C=O) groups excluding carboxylic acids is 1. The highest BCUT2D eigenvalue weighted by atomic mass is 16.2. The van der Waals surface area contributed by atoms with E-state index < -0.39 is 0 Å². The van der Waals surface area contributed by atoms with Crippen LogP contribution in [0.5, 0.6) is 0 Å². The summed E-state index contributed by atoms with van der Waals surface area (Å²) in [5, 5.41) is 5.58. The van der Waals surface area contributed by atoms with E-state index in [1.165, 1.54) is 32.1 Å². The molecule has 0 saturated heterocycles. The van der Waals surface area contributed by atoms with Crippen LogP contribution in [0, 0.1) is 5.92 Å². The quantitative estimate of drug-likeness (QED) is 0.692. The maximum absolute atomic E-state index is 11.3. The molecule has 1 aliphatic carbocycles. The average Bonchev–Trinajstić information content (AvgIpc) is 2.31. The third kappa shape index (κ3) is 5.79. The minimum atomic E-state index is -0.0829. The fraction of sp³-hybridized carbons (Fsp3) is 0.769. The molecule has 0 spiro atoms. The predicted octanol–water partition coefficient (Wildman–Crippen LogP) is 3.18. The van der Waals surface area contributed by atoms with Gasteiger partial charge in [-0.15, -0.1) is 0 Å². The van der Waals surface area contributed by atoms with Crippen molar-refractivity contribution in [3.8, 4) is 0 Å². The largest absolute Gasteiger partial charge is 0.338 e. The molecule has 0 atom stereocenters. The van der Waals surface area contributed by atoms with E-state index in [2.05, 4.69) is 23.6 Å². The topological polar surface area (TPSA) is 41.1 Å². The van der Waals surface area contributed by atoms with Gasteiger partial charge in [0.2, 0.25) is 0 Å². The Balaban J connectivity index is 2.07. The number of hydrogen-bond acceptors (Lipinski definition) is 1. The van der Waals surface area contributed by atoms with Gasteiger partial charge >= 0.3 is 6.03 Å². The highest BCUT2D eigenvalue weighted by Crippen LogP contribution is 2.24. The van der Waals surface area contributed by atoms with E-state index in [9.17, 15) is 4.79 Å². The Hall–Kier alpha value is -0.990. The first kappa shape index (κ1) is 13.1. The van der Waals surface area contributed by atoms with Crippen LogP contribution in [0.2, 0.25) is 0 Å². The summed E-state index contributed by atoms with van der Waals surface area (Å²) in [6.07, 6.45) is 12.7. The van der Waals surface area contributed by atoms with Crippen LogP contribution in [0.1, 0.15) is 51.9 Å². The molecule has 3 nitrogen and oxygen atoms in total. The fourth-order valence-corrected chi connectivity index (χ4v) is 2.02. The summed E-state index contributed by atoms with van der Waals surface area (Å²) >= 11 is 0. The molecule has 2 amide bonds. The SMILES string of the molecule is CCCCNC(=O)N/C=C/C1CCCCC1. The van der Waals surface area contributed by atoms with Crippen molar-refractivity contribution in [3.63, 3.8) is 0 Å². The highest BCUT2D eigenvalue weighted by Gasteiger charge is 2.09. The lowest BCUT2D eigenvalue weighted by Crippen LogP contribution is -2.32. The molecule has 2 N–H and O–H groups in total. The number of unbranched alkanes of at least 4 members (excludes halogenated alkanes) is 1. The number of carbonyl (C=O) groups is 1. The smallest absolute Gasteiger partial charge is 0.318 e. The minimum absolute atomic E-state index is 0.0829. The third-order valence-corrected chi connectivity index (χ3v) is 3.05. The number of allylic oxidation sites excluding steroid dienone is 1. The van der Waals surface area contributed by atoms with Crippen molar-refractivity contribution in [2.24, 2.45) is 5.92 Å². The zero-order valence-corrected chi connectivity index (χ0v) is 10.3. The first-order chi connectivity index (χ1) is 7.83. The normalized spacial score (nSPS) is 17.6. The van der Waals surface area contributed by atoms with Gasteiger partial charge in [-0.25, -0.2) is 4.79 Å². The lowest BCUT2D eigenvalue weighted by atomic mass is 9.89. The van der Waals surface area contributed by atoms with Crippen LogP contribution in [-0.4, -0.2) is 12.6 Å². The molecule has 92 valence electrons. The summed E-state index contributed by atoms with van der Waals surface area (Å²) in [4.78, 5) is 11.3. The van der Waals surface area contributed by atoms with Gasteiger partial charge in [-0.2, -0.15) is 0 Å². The maximum Gasteiger partial charge on any atom is 0.318 e. The lowest BCUT2D eigenvalue weighted by molar-refractivity contribution is 0.244. The molecule has 0 bridgehead atoms. The molecule has 0 aliphatic heterocycles. The first-order valence-electron chi connectivity index (χ1n) is 6.54. The molecule has 1 aliphatic rings. The van der Waals surface area contributed by atoms with Gasteiger partial charge in [0, 0.05) is 12.7 Å². The van der Waals surface area contributed by atoms with Gasteiger partial charge in [0.25, 0.3) is 0 Å². The standard InChI is InChI=1S/C13H24N2O/c1-2-3-10-14-13(16)15-11-9-12-7-5-4-6-8-12/h9,11-12H,2-8,10H2,1H3,(H2,14,15,16)/b11-9+. The van der Waals surface area contributed by atoms with Crippen LogP contribution >= 0.6 is 0 Å². The van der Waals surface area contributed by atoms with E-state index in [-0.39, 0.29) is 6.03 Å². The van der Waals surface area contributed by atoms with E-state index in [4.69, 9.17) is 0 Å². The Morgan fingerprint density at radius 3 is 2.75 bits per heavy atom. The zero-order chi connectivity index (χ0) is 11.6. The third-order valence-electron chi connectivity index (χ3n) is 3.05. The Kier molecular flexibility index (Phi) is 6.70. The van der Waals surface area contributed by atoms with E-state index in [1.807, 2.05) is 0 Å². The molecule has 0 aromatic carbocycles. The van der Waals surface area contributed by atoms with Crippen LogP contribution in [-0.2, 0) is 0 Å². The molecule has 16 heavy (non-hydrogen) atoms. The second kappa shape index (κ2) is 8.20. The zero-order valence-electron chi connectivity index (χ0n) is 10.3. The lowest BCUT2D eigenvalue weighted by Gasteiger charge is -2.17. The summed E-state index contributed by atoms with van der Waals surface area (Å²) in [6, 6.07) is -0.0829. The number of amides is 2. The number of rotatable bonds is 5. The molecule has 0 unspecified atom stereocenters. The van der Waals surface area contributed by atoms with Gasteiger partial charge < -0.3 is 10.6 Å². The minimum Gasteiger partial charge on any atom is -0.338 e. The average molecular weight is 224 g/mol. The Bertz CT molecular complexity index is 220. The molecule has 0 aromatic rings. The van der Waals surface area contributed by atoms with Crippen molar-refractivity contribution in [1.29, 1.82) is 0 Å². The second-order valence-corrected chi connectivity index (χ2v) is 4.51. The number of nitrogens with one attached hydrogen (secondary N) is 2. The molecular formula is C13H24N2O. The van der Waals surface area contributed by atoms with E-state index in [1.54, 1.807) is 6.20 Å². The van der Waals surface area contributed by atoms with E-state index in [0.717, 1.165) is 19.4 Å². The van der Waals surface area contributed by atoms with Crippen molar-refractivity contribution < 1.29 is 4.79 Å². The Labute approximate surface area is 98.7 Å². The summed E-state index contributed by atoms with van der Waals surface area (Å²) in [7, 11) is 0. The number of urea groups is 1. The summed E-state index contributed by atoms with van der Waals surface area (Å²) < 4.78 is 0. The molecule has 0 heterocycles. The van der Waals surface area contributed by atoms with Crippen molar-refractivity contribution >= 4 is 6.03 Å². The van der Waals surface area contributed by atoms with Crippen LogP contribution in [0.4, 0.5) is 4.79 Å². The molecular weight excluding hydrogens is 200 g/mol. The summed E-state index contributed by atoms with van der Waals surface area (Å²) in [5.41, 5.74) is 0. The van der Waals surface area contributed by atoms with Crippen molar-refractivity contribution in [3.05, 3.63) is 12.3 Å². The van der Waals surface area contributed by atoms with Crippen LogP contribution in [0.15, 0.2) is 12.3 Å². The molecule has 0 radical (unpaired) electrons. The van der Waals surface area contributed by atoms with Crippen LogP contribution in [0.25, 0.3) is 0 Å². The van der Waals surface area contributed by atoms with Crippen molar-refractivity contribution in [2.45, 2.75) is 51.9 Å². The second-order valence-electron chi connectivity index (χ2n) is 4.51. The summed E-state index contributed by atoms with van der Waals surface area (Å²) in [5.74, 6) is 0.671. The van der Waals surface area contributed by atoms with Gasteiger partial charge in [0.15, 0.2) is 0 Å². The Morgan fingerprint density at radius 2 is 2.06 bits per heavy atom. The molecule has 1 fully saturated rings. The van der Waals surface area contributed by atoms with E-state index >= 15 is 0 Å². The summed E-state index contributed by atoms with van der Waals surface area (Å²) in [6.45, 7) is 2.88. The van der Waals surface area contributed by atoms with Gasteiger partial charge in [0.05, 0.1) is 0 Å². The maximum atomic E-state index is 11.3. The van der Waals surface area contributed by atoms with Gasteiger partial charge in [-0.1, -0.05) is 38.7 Å². The van der Waals surface area contributed by atoms with Gasteiger partial charge in [-0.3, -0.25) is 0 Å². The Morgan fingerprint density at radius 1 is 1.31 bits per heavy atom. The molecule has 1 rings (SSSR count). The van der Waals surface area contributed by atoms with Gasteiger partial charge in [0.1, 0.15) is 0 Å². The highest BCUT2D eigenvalue weighted by molar-refractivity contribution is 5.74.